The molecule has 3 fully saturated rings. The van der Waals surface area contributed by atoms with Crippen LogP contribution < -0.4 is 0 Å². The molecule has 0 saturated carbocycles. The normalized spacial score (nSPS) is 24.2. The number of likely N-dealkylation sites (tertiary alicyclic amines) is 1. The molecule has 4 nitrogen and oxygen atoms in total. The van der Waals surface area contributed by atoms with Gasteiger partial charge in [-0.3, -0.25) is 4.79 Å². The number of halogens is 2. The highest BCUT2D eigenvalue weighted by atomic mass is 19.1. The Kier molecular flexibility index (Phi) is 6.23. The Hall–Kier alpha value is -2.31. The summed E-state index contributed by atoms with van der Waals surface area (Å²) in [5, 5.41) is 0. The van der Waals surface area contributed by atoms with E-state index >= 15 is 0 Å². The predicted octanol–water partition coefficient (Wildman–Crippen LogP) is 4.65. The van der Waals surface area contributed by atoms with E-state index < -0.39 is 5.41 Å². The Morgan fingerprint density at radius 2 is 1.67 bits per heavy atom. The van der Waals surface area contributed by atoms with Crippen molar-refractivity contribution in [3.05, 3.63) is 71.3 Å². The topological polar surface area (TPSA) is 38.8 Å². The van der Waals surface area contributed by atoms with Crippen molar-refractivity contribution in [2.45, 2.75) is 50.0 Å². The number of amides is 1. The van der Waals surface area contributed by atoms with Gasteiger partial charge >= 0.3 is 0 Å². The van der Waals surface area contributed by atoms with Gasteiger partial charge in [0.15, 0.2) is 0 Å². The summed E-state index contributed by atoms with van der Waals surface area (Å²) in [6, 6.07) is 13.2. The lowest BCUT2D eigenvalue weighted by atomic mass is 9.71. The average Bonchev–Trinajstić information content (AvgIpc) is 3.21. The Morgan fingerprint density at radius 3 is 2.36 bits per heavy atom. The maximum absolute atomic E-state index is 14.0. The number of ether oxygens (including phenoxy) is 2. The van der Waals surface area contributed by atoms with Crippen LogP contribution >= 0.6 is 0 Å². The van der Waals surface area contributed by atoms with Gasteiger partial charge in [0.05, 0.1) is 18.1 Å². The largest absolute Gasteiger partial charge is 0.381 e. The smallest absolute Gasteiger partial charge is 0.233 e. The van der Waals surface area contributed by atoms with Crippen molar-refractivity contribution in [2.75, 3.05) is 32.9 Å². The van der Waals surface area contributed by atoms with E-state index in [-0.39, 0.29) is 29.1 Å². The van der Waals surface area contributed by atoms with Crippen LogP contribution in [0.4, 0.5) is 8.78 Å². The Balaban J connectivity index is 1.25. The molecule has 5 rings (SSSR count). The average molecular weight is 456 g/mol. The lowest BCUT2D eigenvalue weighted by molar-refractivity contribution is -0.143. The van der Waals surface area contributed by atoms with Crippen LogP contribution in [0, 0.1) is 17.0 Å². The maximum Gasteiger partial charge on any atom is 0.233 e. The van der Waals surface area contributed by atoms with Gasteiger partial charge < -0.3 is 14.4 Å². The lowest BCUT2D eigenvalue weighted by Crippen LogP contribution is -2.53. The molecule has 176 valence electrons. The van der Waals surface area contributed by atoms with Crippen LogP contribution in [0.5, 0.6) is 0 Å². The van der Waals surface area contributed by atoms with Gasteiger partial charge in [0.1, 0.15) is 11.6 Å². The maximum atomic E-state index is 14.0. The van der Waals surface area contributed by atoms with Crippen LogP contribution in [0.25, 0.3) is 0 Å². The number of rotatable bonds is 4. The minimum Gasteiger partial charge on any atom is -0.381 e. The summed E-state index contributed by atoms with van der Waals surface area (Å²) in [5.41, 5.74) is 1.09. The molecule has 1 spiro atoms. The molecule has 1 atom stereocenters. The third-order valence-electron chi connectivity index (χ3n) is 7.88. The molecule has 0 aromatic heterocycles. The molecule has 2 aromatic rings. The van der Waals surface area contributed by atoms with Crippen molar-refractivity contribution in [2.24, 2.45) is 5.41 Å². The first-order valence-corrected chi connectivity index (χ1v) is 12.0. The molecule has 0 bridgehead atoms. The SMILES string of the molecule is O=C(N1CCC2(CC1)CO[C@H](Cc1cccc(F)c1)C2)C1(c2cccc(F)c2)CCOCC1. The molecule has 3 saturated heterocycles. The molecule has 0 radical (unpaired) electrons. The van der Waals surface area contributed by atoms with Crippen LogP contribution in [-0.4, -0.2) is 49.8 Å². The number of piperidine rings is 1. The molecular weight excluding hydrogens is 424 g/mol. The number of benzene rings is 2. The van der Waals surface area contributed by atoms with Gasteiger partial charge in [0.25, 0.3) is 0 Å². The van der Waals surface area contributed by atoms with E-state index in [1.165, 1.54) is 18.2 Å². The molecule has 6 heteroatoms. The van der Waals surface area contributed by atoms with Crippen LogP contribution in [-0.2, 0) is 26.1 Å². The van der Waals surface area contributed by atoms with E-state index in [0.717, 1.165) is 30.4 Å². The Bertz CT molecular complexity index is 996. The third kappa shape index (κ3) is 4.56. The van der Waals surface area contributed by atoms with Crippen LogP contribution in [0.2, 0.25) is 0 Å². The first kappa shape index (κ1) is 22.5. The summed E-state index contributed by atoms with van der Waals surface area (Å²) < 4.78 is 39.2. The monoisotopic (exact) mass is 455 g/mol. The second-order valence-electron chi connectivity index (χ2n) is 9.97. The summed E-state index contributed by atoms with van der Waals surface area (Å²) in [7, 11) is 0. The first-order chi connectivity index (χ1) is 16.0. The quantitative estimate of drug-likeness (QED) is 0.674. The number of hydrogen-bond donors (Lipinski definition) is 0. The highest BCUT2D eigenvalue weighted by Gasteiger charge is 2.48. The fraction of sp³-hybridized carbons (Fsp3) is 0.519. The van der Waals surface area contributed by atoms with Gasteiger partial charge in [-0.25, -0.2) is 8.78 Å². The van der Waals surface area contributed by atoms with Crippen molar-refractivity contribution in [3.63, 3.8) is 0 Å². The molecule has 1 amide bonds. The van der Waals surface area contributed by atoms with E-state index in [9.17, 15) is 13.6 Å². The number of carbonyl (C=O) groups is 1. The van der Waals surface area contributed by atoms with E-state index in [2.05, 4.69) is 0 Å². The van der Waals surface area contributed by atoms with E-state index in [1.807, 2.05) is 17.0 Å². The van der Waals surface area contributed by atoms with E-state index in [4.69, 9.17) is 9.47 Å². The molecule has 0 N–H and O–H groups in total. The van der Waals surface area contributed by atoms with Crippen molar-refractivity contribution in [3.8, 4) is 0 Å². The van der Waals surface area contributed by atoms with Gasteiger partial charge in [0.2, 0.25) is 5.91 Å². The molecule has 0 unspecified atom stereocenters. The second-order valence-corrected chi connectivity index (χ2v) is 9.97. The minimum atomic E-state index is -0.711. The molecule has 0 aliphatic carbocycles. The fourth-order valence-corrected chi connectivity index (χ4v) is 5.92. The van der Waals surface area contributed by atoms with Crippen molar-refractivity contribution in [1.82, 2.24) is 4.90 Å². The van der Waals surface area contributed by atoms with Gasteiger partial charge in [-0.1, -0.05) is 24.3 Å². The van der Waals surface area contributed by atoms with Gasteiger partial charge in [-0.2, -0.15) is 0 Å². The summed E-state index contributed by atoms with van der Waals surface area (Å²) in [4.78, 5) is 15.8. The van der Waals surface area contributed by atoms with Gasteiger partial charge in [0, 0.05) is 26.3 Å². The summed E-state index contributed by atoms with van der Waals surface area (Å²) in [6.45, 7) is 3.09. The zero-order valence-electron chi connectivity index (χ0n) is 18.9. The van der Waals surface area contributed by atoms with Crippen LogP contribution in [0.3, 0.4) is 0 Å². The molecule has 3 aliphatic rings. The number of carbonyl (C=O) groups excluding carboxylic acids is 1. The predicted molar refractivity (Wildman–Crippen MR) is 121 cm³/mol. The van der Waals surface area contributed by atoms with Crippen molar-refractivity contribution < 1.29 is 23.0 Å². The molecule has 33 heavy (non-hydrogen) atoms. The summed E-state index contributed by atoms with van der Waals surface area (Å²) in [5.74, 6) is -0.426. The highest BCUT2D eigenvalue weighted by Crippen LogP contribution is 2.44. The third-order valence-corrected chi connectivity index (χ3v) is 7.88. The van der Waals surface area contributed by atoms with Crippen LogP contribution in [0.1, 0.15) is 43.2 Å². The minimum absolute atomic E-state index is 0.0798. The molecular formula is C27H31F2NO3. The highest BCUT2D eigenvalue weighted by molar-refractivity contribution is 5.88. The number of hydrogen-bond acceptors (Lipinski definition) is 3. The van der Waals surface area contributed by atoms with E-state index in [0.29, 0.717) is 52.2 Å². The first-order valence-electron chi connectivity index (χ1n) is 12.0. The Morgan fingerprint density at radius 1 is 0.970 bits per heavy atom. The summed E-state index contributed by atoms with van der Waals surface area (Å²) >= 11 is 0. The molecule has 2 aromatic carbocycles. The van der Waals surface area contributed by atoms with Crippen molar-refractivity contribution >= 4 is 5.91 Å². The van der Waals surface area contributed by atoms with Gasteiger partial charge in [-0.05, 0) is 79.3 Å². The van der Waals surface area contributed by atoms with Gasteiger partial charge in [-0.15, -0.1) is 0 Å². The van der Waals surface area contributed by atoms with E-state index in [1.54, 1.807) is 18.2 Å². The zero-order valence-corrected chi connectivity index (χ0v) is 18.9. The fourth-order valence-electron chi connectivity index (χ4n) is 5.92. The number of nitrogens with zero attached hydrogens (tertiary/aromatic N) is 1. The zero-order chi connectivity index (χ0) is 22.9. The lowest BCUT2D eigenvalue weighted by Gasteiger charge is -2.44. The standard InChI is InChI=1S/C27H31F2NO3/c28-22-5-1-3-20(15-22)16-24-18-26(19-33-24)7-11-30(12-8-26)25(31)27(9-13-32-14-10-27)21-4-2-6-23(29)17-21/h1-6,15,17,24H,7-14,16,18-19H2/t24-/m1/s1. The Labute approximate surface area is 193 Å². The molecule has 3 aliphatic heterocycles. The second kappa shape index (κ2) is 9.15. The van der Waals surface area contributed by atoms with Crippen LogP contribution in [0.15, 0.2) is 48.5 Å². The van der Waals surface area contributed by atoms with Crippen molar-refractivity contribution in [1.29, 1.82) is 0 Å². The summed E-state index contributed by atoms with van der Waals surface area (Å²) in [6.07, 6.45) is 4.69. The molecule has 3 heterocycles.